The summed E-state index contributed by atoms with van der Waals surface area (Å²) < 4.78 is 1.66. The highest BCUT2D eigenvalue weighted by molar-refractivity contribution is 5.73. The van der Waals surface area contributed by atoms with E-state index in [1.54, 1.807) is 17.0 Å². The molecule has 2 rings (SSSR count). The lowest BCUT2D eigenvalue weighted by Gasteiger charge is -2.00. The summed E-state index contributed by atoms with van der Waals surface area (Å²) in [5, 5.41) is 4.07. The molecule has 0 N–H and O–H groups in total. The highest BCUT2D eigenvalue weighted by Crippen LogP contribution is 2.05. The van der Waals surface area contributed by atoms with E-state index < -0.39 is 0 Å². The fourth-order valence-electron chi connectivity index (χ4n) is 1.20. The van der Waals surface area contributed by atoms with Crippen LogP contribution in [0.15, 0.2) is 42.7 Å². The van der Waals surface area contributed by atoms with E-state index in [0.717, 1.165) is 17.8 Å². The summed E-state index contributed by atoms with van der Waals surface area (Å²) in [7, 11) is 0. The lowest BCUT2D eigenvalue weighted by Crippen LogP contribution is -1.98. The average molecular weight is 199 g/mol. The molecule has 0 fully saturated rings. The third-order valence-corrected chi connectivity index (χ3v) is 1.84. The number of pyridine rings is 1. The molecule has 0 spiro atoms. The Kier molecular flexibility index (Phi) is 2.69. The number of carbonyl (C=O) groups excluding carboxylic acids is 1. The molecule has 0 aliphatic rings. The molecule has 0 aliphatic heterocycles. The number of carbonyl (C=O) groups is 1. The Bertz CT molecular complexity index is 474. The first-order valence-electron chi connectivity index (χ1n) is 4.49. The van der Waals surface area contributed by atoms with Crippen LogP contribution in [0.5, 0.6) is 0 Å². The SMILES string of the molecule is O=CC=Cc1cccc(-n2cccn2)n1. The molecule has 0 saturated carbocycles. The zero-order valence-corrected chi connectivity index (χ0v) is 7.95. The minimum Gasteiger partial charge on any atom is -0.299 e. The topological polar surface area (TPSA) is 47.8 Å². The number of nitrogens with zero attached hydrogens (tertiary/aromatic N) is 3. The van der Waals surface area contributed by atoms with Crippen LogP contribution in [-0.2, 0) is 4.79 Å². The molecule has 0 unspecified atom stereocenters. The molecular formula is C11H9N3O. The Morgan fingerprint density at radius 2 is 2.20 bits per heavy atom. The van der Waals surface area contributed by atoms with Crippen molar-refractivity contribution in [3.8, 4) is 5.82 Å². The van der Waals surface area contributed by atoms with Gasteiger partial charge in [0.2, 0.25) is 0 Å². The van der Waals surface area contributed by atoms with E-state index >= 15 is 0 Å². The molecule has 0 saturated heterocycles. The lowest BCUT2D eigenvalue weighted by atomic mass is 10.3. The summed E-state index contributed by atoms with van der Waals surface area (Å²) >= 11 is 0. The highest BCUT2D eigenvalue weighted by atomic mass is 16.1. The first-order chi connectivity index (χ1) is 7.40. The molecule has 0 aliphatic carbocycles. The fraction of sp³-hybridized carbons (Fsp3) is 0. The second-order valence-corrected chi connectivity index (χ2v) is 2.87. The molecule has 0 amide bonds. The van der Waals surface area contributed by atoms with Gasteiger partial charge in [-0.2, -0.15) is 5.10 Å². The van der Waals surface area contributed by atoms with Crippen LogP contribution in [0.1, 0.15) is 5.69 Å². The van der Waals surface area contributed by atoms with Crippen molar-refractivity contribution in [2.24, 2.45) is 0 Å². The van der Waals surface area contributed by atoms with E-state index in [1.165, 1.54) is 6.08 Å². The van der Waals surface area contributed by atoms with Crippen LogP contribution in [0.2, 0.25) is 0 Å². The van der Waals surface area contributed by atoms with Crippen LogP contribution in [0.4, 0.5) is 0 Å². The molecule has 0 aromatic carbocycles. The molecule has 4 heteroatoms. The highest BCUT2D eigenvalue weighted by Gasteiger charge is 1.97. The van der Waals surface area contributed by atoms with Crippen LogP contribution in [0, 0.1) is 0 Å². The summed E-state index contributed by atoms with van der Waals surface area (Å²) in [6.07, 6.45) is 7.29. The number of aldehydes is 1. The van der Waals surface area contributed by atoms with Gasteiger partial charge in [0.1, 0.15) is 6.29 Å². The number of aromatic nitrogens is 3. The monoisotopic (exact) mass is 199 g/mol. The van der Waals surface area contributed by atoms with Crippen LogP contribution in [-0.4, -0.2) is 21.1 Å². The molecule has 0 radical (unpaired) electrons. The Hall–Kier alpha value is -2.23. The van der Waals surface area contributed by atoms with Crippen LogP contribution in [0.3, 0.4) is 0 Å². The Balaban J connectivity index is 2.34. The molecule has 4 nitrogen and oxygen atoms in total. The predicted octanol–water partition coefficient (Wildman–Crippen LogP) is 1.48. The molecule has 0 bridgehead atoms. The molecule has 15 heavy (non-hydrogen) atoms. The quantitative estimate of drug-likeness (QED) is 0.555. The van der Waals surface area contributed by atoms with Crippen molar-refractivity contribution in [2.45, 2.75) is 0 Å². The Morgan fingerprint density at radius 1 is 1.27 bits per heavy atom. The van der Waals surface area contributed by atoms with E-state index in [0.29, 0.717) is 0 Å². The van der Waals surface area contributed by atoms with Crippen LogP contribution >= 0.6 is 0 Å². The zero-order valence-electron chi connectivity index (χ0n) is 7.95. The van der Waals surface area contributed by atoms with Crippen molar-refractivity contribution in [3.63, 3.8) is 0 Å². The van der Waals surface area contributed by atoms with Gasteiger partial charge in [-0.25, -0.2) is 9.67 Å². The van der Waals surface area contributed by atoms with Crippen molar-refractivity contribution in [3.05, 3.63) is 48.4 Å². The molecule has 2 aromatic rings. The lowest BCUT2D eigenvalue weighted by molar-refractivity contribution is -0.104. The van der Waals surface area contributed by atoms with Gasteiger partial charge >= 0.3 is 0 Å². The molecule has 2 aromatic heterocycles. The predicted molar refractivity (Wildman–Crippen MR) is 56.5 cm³/mol. The van der Waals surface area contributed by atoms with Crippen molar-refractivity contribution < 1.29 is 4.79 Å². The van der Waals surface area contributed by atoms with Gasteiger partial charge in [0.05, 0.1) is 5.69 Å². The largest absolute Gasteiger partial charge is 0.299 e. The third kappa shape index (κ3) is 2.17. The number of rotatable bonds is 3. The second kappa shape index (κ2) is 4.32. The minimum atomic E-state index is 0.724. The van der Waals surface area contributed by atoms with Crippen molar-refractivity contribution in [1.82, 2.24) is 14.8 Å². The van der Waals surface area contributed by atoms with Gasteiger partial charge < -0.3 is 0 Å². The second-order valence-electron chi connectivity index (χ2n) is 2.87. The molecule has 0 atom stereocenters. The molecular weight excluding hydrogens is 190 g/mol. The van der Waals surface area contributed by atoms with Crippen LogP contribution in [0.25, 0.3) is 11.9 Å². The van der Waals surface area contributed by atoms with Gasteiger partial charge in [0.15, 0.2) is 5.82 Å². The summed E-state index contributed by atoms with van der Waals surface area (Å²) in [6.45, 7) is 0. The Morgan fingerprint density at radius 3 is 2.93 bits per heavy atom. The summed E-state index contributed by atoms with van der Waals surface area (Å²) in [4.78, 5) is 14.5. The summed E-state index contributed by atoms with van der Waals surface area (Å²) in [5.41, 5.74) is 0.732. The van der Waals surface area contributed by atoms with Crippen molar-refractivity contribution in [1.29, 1.82) is 0 Å². The van der Waals surface area contributed by atoms with Gasteiger partial charge in [0, 0.05) is 12.4 Å². The standard InChI is InChI=1S/C11H9N3O/c15-9-2-5-10-4-1-6-11(13-10)14-8-3-7-12-14/h1-9H. The van der Waals surface area contributed by atoms with Crippen LogP contribution < -0.4 is 0 Å². The van der Waals surface area contributed by atoms with Crippen molar-refractivity contribution in [2.75, 3.05) is 0 Å². The van der Waals surface area contributed by atoms with E-state index in [9.17, 15) is 4.79 Å². The van der Waals surface area contributed by atoms with Gasteiger partial charge in [-0.3, -0.25) is 4.79 Å². The maximum Gasteiger partial charge on any atom is 0.153 e. The van der Waals surface area contributed by atoms with E-state index in [-0.39, 0.29) is 0 Å². The maximum absolute atomic E-state index is 10.2. The number of hydrogen-bond acceptors (Lipinski definition) is 3. The number of allylic oxidation sites excluding steroid dienone is 1. The van der Waals surface area contributed by atoms with E-state index in [1.807, 2.05) is 30.5 Å². The van der Waals surface area contributed by atoms with Gasteiger partial charge in [-0.15, -0.1) is 0 Å². The average Bonchev–Trinajstić information content (AvgIpc) is 2.80. The van der Waals surface area contributed by atoms with Crippen molar-refractivity contribution >= 4 is 12.4 Å². The zero-order chi connectivity index (χ0) is 10.5. The van der Waals surface area contributed by atoms with E-state index in [4.69, 9.17) is 0 Å². The first-order valence-corrected chi connectivity index (χ1v) is 4.49. The fourth-order valence-corrected chi connectivity index (χ4v) is 1.20. The third-order valence-electron chi connectivity index (χ3n) is 1.84. The normalized spacial score (nSPS) is 10.7. The Labute approximate surface area is 86.9 Å². The summed E-state index contributed by atoms with van der Waals surface area (Å²) in [5.74, 6) is 0.730. The maximum atomic E-state index is 10.2. The summed E-state index contributed by atoms with van der Waals surface area (Å²) in [6, 6.07) is 7.38. The molecule has 74 valence electrons. The van der Waals surface area contributed by atoms with Gasteiger partial charge in [-0.1, -0.05) is 6.07 Å². The van der Waals surface area contributed by atoms with E-state index in [2.05, 4.69) is 10.1 Å². The molecule has 2 heterocycles. The smallest absolute Gasteiger partial charge is 0.153 e. The minimum absolute atomic E-state index is 0.724. The van der Waals surface area contributed by atoms with Gasteiger partial charge in [0.25, 0.3) is 0 Å². The first kappa shape index (κ1) is 9.33. The number of hydrogen-bond donors (Lipinski definition) is 0. The van der Waals surface area contributed by atoms with Gasteiger partial charge in [-0.05, 0) is 30.4 Å².